The molecule has 0 radical (unpaired) electrons. The van der Waals surface area contributed by atoms with Crippen LogP contribution in [0, 0.1) is 18.8 Å². The van der Waals surface area contributed by atoms with Crippen LogP contribution >= 0.6 is 0 Å². The minimum atomic E-state index is -0.803. The van der Waals surface area contributed by atoms with Gasteiger partial charge in [-0.05, 0) is 30.9 Å². The largest absolute Gasteiger partial charge is 0.481 e. The zero-order valence-corrected chi connectivity index (χ0v) is 13.2. The number of likely N-dealkylation sites (tertiary alicyclic amines) is 1. The number of para-hydroxylation sites is 1. The Morgan fingerprint density at radius 1 is 1.32 bits per heavy atom. The molecule has 0 saturated carbocycles. The maximum atomic E-state index is 12.3. The Balaban J connectivity index is 1.84. The highest BCUT2D eigenvalue weighted by Gasteiger charge is 2.31. The van der Waals surface area contributed by atoms with E-state index in [0.29, 0.717) is 32.5 Å². The van der Waals surface area contributed by atoms with Crippen molar-refractivity contribution in [3.63, 3.8) is 0 Å². The number of carboxylic acid groups (broad SMARTS) is 1. The van der Waals surface area contributed by atoms with Crippen LogP contribution in [-0.4, -0.2) is 41.5 Å². The van der Waals surface area contributed by atoms with Crippen molar-refractivity contribution in [3.05, 3.63) is 29.8 Å². The SMILES string of the molecule is Cc1ccccc1NCCC(=O)N1CC(C)CC(C(=O)O)C1. The quantitative estimate of drug-likeness (QED) is 0.876. The van der Waals surface area contributed by atoms with Crippen molar-refractivity contribution in [2.24, 2.45) is 11.8 Å². The maximum Gasteiger partial charge on any atom is 0.308 e. The third-order valence-electron chi connectivity index (χ3n) is 4.16. The Bertz CT molecular complexity index is 544. The first-order valence-corrected chi connectivity index (χ1v) is 7.77. The van der Waals surface area contributed by atoms with E-state index in [9.17, 15) is 9.59 Å². The van der Waals surface area contributed by atoms with Crippen LogP contribution in [0.15, 0.2) is 24.3 Å². The first kappa shape index (κ1) is 16.3. The van der Waals surface area contributed by atoms with Crippen molar-refractivity contribution >= 4 is 17.6 Å². The van der Waals surface area contributed by atoms with Gasteiger partial charge in [0.1, 0.15) is 0 Å². The van der Waals surface area contributed by atoms with E-state index in [1.54, 1.807) is 4.90 Å². The molecule has 2 unspecified atom stereocenters. The number of carbonyl (C=O) groups excluding carboxylic acids is 1. The van der Waals surface area contributed by atoms with Gasteiger partial charge in [0, 0.05) is 31.7 Å². The lowest BCUT2D eigenvalue weighted by Gasteiger charge is -2.34. The maximum absolute atomic E-state index is 12.3. The lowest BCUT2D eigenvalue weighted by atomic mass is 9.90. The van der Waals surface area contributed by atoms with E-state index >= 15 is 0 Å². The Labute approximate surface area is 131 Å². The zero-order chi connectivity index (χ0) is 16.1. The molecule has 1 aliphatic heterocycles. The minimum Gasteiger partial charge on any atom is -0.481 e. The van der Waals surface area contributed by atoms with Gasteiger partial charge in [-0.1, -0.05) is 25.1 Å². The average molecular weight is 304 g/mol. The summed E-state index contributed by atoms with van der Waals surface area (Å²) in [5.74, 6) is -0.971. The van der Waals surface area contributed by atoms with Gasteiger partial charge in [-0.3, -0.25) is 9.59 Å². The standard InChI is InChI=1S/C17H24N2O3/c1-12-9-14(17(21)22)11-19(10-12)16(20)7-8-18-15-6-4-3-5-13(15)2/h3-6,12,14,18H,7-11H2,1-2H3,(H,21,22). The van der Waals surface area contributed by atoms with Gasteiger partial charge >= 0.3 is 5.97 Å². The molecule has 22 heavy (non-hydrogen) atoms. The fourth-order valence-electron chi connectivity index (χ4n) is 2.97. The number of nitrogens with zero attached hydrogens (tertiary/aromatic N) is 1. The van der Waals surface area contributed by atoms with Crippen molar-refractivity contribution in [2.75, 3.05) is 25.0 Å². The second kappa shape index (κ2) is 7.29. The Morgan fingerprint density at radius 2 is 2.05 bits per heavy atom. The van der Waals surface area contributed by atoms with E-state index in [4.69, 9.17) is 5.11 Å². The van der Waals surface area contributed by atoms with Crippen molar-refractivity contribution in [3.8, 4) is 0 Å². The topological polar surface area (TPSA) is 69.6 Å². The van der Waals surface area contributed by atoms with Crippen LogP contribution in [0.4, 0.5) is 5.69 Å². The normalized spacial score (nSPS) is 21.5. The summed E-state index contributed by atoms with van der Waals surface area (Å²) >= 11 is 0. The highest BCUT2D eigenvalue weighted by Crippen LogP contribution is 2.22. The third-order valence-corrected chi connectivity index (χ3v) is 4.16. The van der Waals surface area contributed by atoms with Crippen molar-refractivity contribution in [1.29, 1.82) is 0 Å². The van der Waals surface area contributed by atoms with Crippen molar-refractivity contribution < 1.29 is 14.7 Å². The number of aryl methyl sites for hydroxylation is 1. The number of piperidine rings is 1. The number of hydrogen-bond donors (Lipinski definition) is 2. The van der Waals surface area contributed by atoms with Gasteiger partial charge in [0.15, 0.2) is 0 Å². The number of carbonyl (C=O) groups is 2. The molecule has 5 nitrogen and oxygen atoms in total. The van der Waals surface area contributed by atoms with Gasteiger partial charge < -0.3 is 15.3 Å². The number of nitrogens with one attached hydrogen (secondary N) is 1. The number of benzene rings is 1. The fourth-order valence-corrected chi connectivity index (χ4v) is 2.97. The molecule has 0 spiro atoms. The number of anilines is 1. The lowest BCUT2D eigenvalue weighted by Crippen LogP contribution is -2.45. The molecule has 120 valence electrons. The smallest absolute Gasteiger partial charge is 0.308 e. The summed E-state index contributed by atoms with van der Waals surface area (Å²) in [6, 6.07) is 7.95. The zero-order valence-electron chi connectivity index (χ0n) is 13.2. The van der Waals surface area contributed by atoms with Gasteiger partial charge in [0.05, 0.1) is 5.92 Å². The molecule has 0 aliphatic carbocycles. The second-order valence-electron chi connectivity index (χ2n) is 6.17. The molecule has 2 atom stereocenters. The fraction of sp³-hybridized carbons (Fsp3) is 0.529. The highest BCUT2D eigenvalue weighted by molar-refractivity contribution is 5.78. The molecule has 1 fully saturated rings. The number of rotatable bonds is 5. The van der Waals surface area contributed by atoms with Crippen LogP contribution in [-0.2, 0) is 9.59 Å². The van der Waals surface area contributed by atoms with Gasteiger partial charge in [0.25, 0.3) is 0 Å². The summed E-state index contributed by atoms with van der Waals surface area (Å²) in [6.45, 7) is 5.58. The van der Waals surface area contributed by atoms with Gasteiger partial charge in [-0.25, -0.2) is 0 Å². The Morgan fingerprint density at radius 3 is 2.73 bits per heavy atom. The monoisotopic (exact) mass is 304 g/mol. The molecule has 1 saturated heterocycles. The first-order chi connectivity index (χ1) is 10.5. The van der Waals surface area contributed by atoms with Crippen LogP contribution in [0.3, 0.4) is 0 Å². The summed E-state index contributed by atoms with van der Waals surface area (Å²) in [5, 5.41) is 12.4. The number of carboxylic acids is 1. The number of aliphatic carboxylic acids is 1. The second-order valence-corrected chi connectivity index (χ2v) is 6.17. The van der Waals surface area contributed by atoms with Crippen LogP contribution in [0.25, 0.3) is 0 Å². The summed E-state index contributed by atoms with van der Waals surface area (Å²) in [7, 11) is 0. The van der Waals surface area contributed by atoms with Gasteiger partial charge in [-0.15, -0.1) is 0 Å². The average Bonchev–Trinajstić information content (AvgIpc) is 2.48. The molecule has 2 rings (SSSR count). The van der Waals surface area contributed by atoms with Crippen LogP contribution in [0.2, 0.25) is 0 Å². The first-order valence-electron chi connectivity index (χ1n) is 7.77. The van der Waals surface area contributed by atoms with Gasteiger partial charge in [-0.2, -0.15) is 0 Å². The summed E-state index contributed by atoms with van der Waals surface area (Å²) < 4.78 is 0. The molecule has 1 aromatic carbocycles. The van der Waals surface area contributed by atoms with Gasteiger partial charge in [0.2, 0.25) is 5.91 Å². The predicted molar refractivity (Wildman–Crippen MR) is 85.8 cm³/mol. The van der Waals surface area contributed by atoms with Crippen molar-refractivity contribution in [1.82, 2.24) is 4.90 Å². The summed E-state index contributed by atoms with van der Waals surface area (Å²) in [5.41, 5.74) is 2.18. The number of amides is 1. The Kier molecular flexibility index (Phi) is 5.41. The molecule has 1 aromatic rings. The van der Waals surface area contributed by atoms with E-state index in [1.807, 2.05) is 38.1 Å². The van der Waals surface area contributed by atoms with E-state index in [1.165, 1.54) is 0 Å². The Hall–Kier alpha value is -2.04. The highest BCUT2D eigenvalue weighted by atomic mass is 16.4. The molecular formula is C17H24N2O3. The van der Waals surface area contributed by atoms with Crippen LogP contribution < -0.4 is 5.32 Å². The molecular weight excluding hydrogens is 280 g/mol. The minimum absolute atomic E-state index is 0.0267. The van der Waals surface area contributed by atoms with E-state index < -0.39 is 11.9 Å². The van der Waals surface area contributed by atoms with E-state index in [2.05, 4.69) is 5.32 Å². The predicted octanol–water partition coefficient (Wildman–Crippen LogP) is 2.37. The van der Waals surface area contributed by atoms with Crippen LogP contribution in [0.1, 0.15) is 25.3 Å². The van der Waals surface area contributed by atoms with Crippen molar-refractivity contribution in [2.45, 2.75) is 26.7 Å². The molecule has 0 bridgehead atoms. The third kappa shape index (κ3) is 4.23. The molecule has 1 heterocycles. The lowest BCUT2D eigenvalue weighted by molar-refractivity contribution is -0.146. The molecule has 0 aromatic heterocycles. The molecule has 1 amide bonds. The van der Waals surface area contributed by atoms with E-state index in [-0.39, 0.29) is 11.8 Å². The molecule has 5 heteroatoms. The summed E-state index contributed by atoms with van der Waals surface area (Å²) in [4.78, 5) is 25.1. The summed E-state index contributed by atoms with van der Waals surface area (Å²) in [6.07, 6.45) is 1.04. The molecule has 2 N–H and O–H groups in total. The van der Waals surface area contributed by atoms with Crippen LogP contribution in [0.5, 0.6) is 0 Å². The molecule has 1 aliphatic rings. The van der Waals surface area contributed by atoms with E-state index in [0.717, 1.165) is 11.3 Å². The number of hydrogen-bond acceptors (Lipinski definition) is 3.